The summed E-state index contributed by atoms with van der Waals surface area (Å²) in [5, 5.41) is 1.04. The fourth-order valence-corrected chi connectivity index (χ4v) is 4.80. The molecule has 3 aromatic rings. The van der Waals surface area contributed by atoms with Gasteiger partial charge in [0, 0.05) is 54.4 Å². The molecule has 4 nitrogen and oxygen atoms in total. The number of hydrogen-bond acceptors (Lipinski definition) is 3. The molecular formula is C26H28N2O2. The van der Waals surface area contributed by atoms with E-state index >= 15 is 0 Å². The summed E-state index contributed by atoms with van der Waals surface area (Å²) in [6.07, 6.45) is 4.83. The first kappa shape index (κ1) is 19.3. The van der Waals surface area contributed by atoms with E-state index in [1.165, 1.54) is 16.7 Å². The third kappa shape index (κ3) is 3.62. The Morgan fingerprint density at radius 1 is 0.967 bits per heavy atom. The van der Waals surface area contributed by atoms with Crippen LogP contribution in [0.3, 0.4) is 0 Å². The second-order valence-corrected chi connectivity index (χ2v) is 8.41. The van der Waals surface area contributed by atoms with Crippen LogP contribution in [0, 0.1) is 0 Å². The van der Waals surface area contributed by atoms with Crippen molar-refractivity contribution in [1.82, 2.24) is 9.47 Å². The number of fused-ring (bicyclic) bond motifs is 2. The molecule has 2 aromatic carbocycles. The number of aromatic nitrogens is 1. The van der Waals surface area contributed by atoms with Crippen molar-refractivity contribution in [2.24, 2.45) is 0 Å². The van der Waals surface area contributed by atoms with Crippen molar-refractivity contribution >= 4 is 16.7 Å². The van der Waals surface area contributed by atoms with Crippen LogP contribution in [0.2, 0.25) is 0 Å². The minimum Gasteiger partial charge on any atom is -0.379 e. The number of morpholine rings is 1. The molecule has 0 radical (unpaired) electrons. The van der Waals surface area contributed by atoms with Gasteiger partial charge in [0.05, 0.1) is 13.2 Å². The fourth-order valence-electron chi connectivity index (χ4n) is 4.80. The third-order valence-electron chi connectivity index (χ3n) is 6.48. The summed E-state index contributed by atoms with van der Waals surface area (Å²) in [5.41, 5.74) is 6.52. The largest absolute Gasteiger partial charge is 0.379 e. The third-order valence-corrected chi connectivity index (χ3v) is 6.48. The minimum absolute atomic E-state index is 0.140. The van der Waals surface area contributed by atoms with E-state index in [1.54, 1.807) is 0 Å². The van der Waals surface area contributed by atoms with Crippen LogP contribution in [0.25, 0.3) is 10.9 Å². The Bertz CT molecular complexity index is 1110. The number of ether oxygens (including phenoxy) is 1. The lowest BCUT2D eigenvalue weighted by atomic mass is 9.84. The quantitative estimate of drug-likeness (QED) is 0.474. The monoisotopic (exact) mass is 400 g/mol. The molecule has 4 heteroatoms. The Hall–Kier alpha value is -2.69. The molecule has 0 atom stereocenters. The highest BCUT2D eigenvalue weighted by Crippen LogP contribution is 2.30. The maximum Gasteiger partial charge on any atom is 0.195 e. The first-order valence-electron chi connectivity index (χ1n) is 10.9. The molecule has 1 aliphatic heterocycles. The van der Waals surface area contributed by atoms with E-state index in [-0.39, 0.29) is 5.78 Å². The van der Waals surface area contributed by atoms with Crippen LogP contribution < -0.4 is 0 Å². The number of benzene rings is 2. The molecule has 1 aliphatic carbocycles. The van der Waals surface area contributed by atoms with Crippen molar-refractivity contribution in [3.05, 3.63) is 83.1 Å². The Labute approximate surface area is 177 Å². The molecule has 1 aromatic heterocycles. The fraction of sp³-hybridized carbons (Fsp3) is 0.346. The Kier molecular flexibility index (Phi) is 5.28. The number of para-hydroxylation sites is 1. The molecule has 154 valence electrons. The average molecular weight is 401 g/mol. The van der Waals surface area contributed by atoms with Crippen molar-refractivity contribution in [2.75, 3.05) is 32.8 Å². The van der Waals surface area contributed by atoms with Gasteiger partial charge < -0.3 is 9.30 Å². The molecule has 0 N–H and O–H groups in total. The standard InChI is InChI=1S/C26H28N2O2/c1-19-9-10-21-20(17-19)5-4-7-23(21)26(29)24-18-28(25-8-3-2-6-22(24)25)12-11-27-13-15-30-16-14-27/h2-8,18H,1,9-17H2. The summed E-state index contributed by atoms with van der Waals surface area (Å²) in [6, 6.07) is 14.4. The number of nitrogens with zero attached hydrogens (tertiary/aromatic N) is 2. The maximum absolute atomic E-state index is 13.7. The number of carbonyl (C=O) groups excluding carboxylic acids is 1. The number of hydrogen-bond donors (Lipinski definition) is 0. The number of carbonyl (C=O) groups is 1. The molecule has 0 bridgehead atoms. The van der Waals surface area contributed by atoms with Gasteiger partial charge in [-0.2, -0.15) is 0 Å². The first-order valence-corrected chi connectivity index (χ1v) is 10.9. The van der Waals surface area contributed by atoms with Gasteiger partial charge in [0.2, 0.25) is 0 Å². The zero-order valence-corrected chi connectivity index (χ0v) is 17.4. The zero-order valence-electron chi connectivity index (χ0n) is 17.4. The SMILES string of the molecule is C=C1CCc2c(cccc2C(=O)c2cn(CCN3CCOCC3)c3ccccc23)C1. The average Bonchev–Trinajstić information content (AvgIpc) is 3.16. The van der Waals surface area contributed by atoms with Crippen LogP contribution in [0.15, 0.2) is 60.8 Å². The highest BCUT2D eigenvalue weighted by Gasteiger charge is 2.23. The lowest BCUT2D eigenvalue weighted by Gasteiger charge is -2.26. The lowest BCUT2D eigenvalue weighted by molar-refractivity contribution is 0.0365. The van der Waals surface area contributed by atoms with Crippen LogP contribution >= 0.6 is 0 Å². The smallest absolute Gasteiger partial charge is 0.195 e. The molecule has 0 spiro atoms. The van der Waals surface area contributed by atoms with Gasteiger partial charge >= 0.3 is 0 Å². The van der Waals surface area contributed by atoms with E-state index in [1.807, 2.05) is 18.2 Å². The summed E-state index contributed by atoms with van der Waals surface area (Å²) >= 11 is 0. The Balaban J connectivity index is 1.48. The lowest BCUT2D eigenvalue weighted by Crippen LogP contribution is -2.38. The molecule has 5 rings (SSSR count). The summed E-state index contributed by atoms with van der Waals surface area (Å²) in [5.74, 6) is 0.140. The molecule has 0 unspecified atom stereocenters. The summed E-state index contributed by atoms with van der Waals surface area (Å²) in [4.78, 5) is 16.1. The normalized spacial score (nSPS) is 17.3. The van der Waals surface area contributed by atoms with E-state index in [4.69, 9.17) is 4.74 Å². The van der Waals surface area contributed by atoms with Crippen LogP contribution in [0.4, 0.5) is 0 Å². The first-order chi connectivity index (χ1) is 14.7. The second kappa shape index (κ2) is 8.21. The predicted octanol–water partition coefficient (Wildman–Crippen LogP) is 4.25. The Morgan fingerprint density at radius 3 is 2.67 bits per heavy atom. The molecule has 1 saturated heterocycles. The van der Waals surface area contributed by atoms with Crippen LogP contribution in [0.5, 0.6) is 0 Å². The van der Waals surface area contributed by atoms with Crippen LogP contribution in [-0.2, 0) is 24.1 Å². The number of rotatable bonds is 5. The van der Waals surface area contributed by atoms with Gasteiger partial charge in [0.25, 0.3) is 0 Å². The molecule has 1 fully saturated rings. The second-order valence-electron chi connectivity index (χ2n) is 8.41. The van der Waals surface area contributed by atoms with E-state index in [2.05, 4.69) is 46.5 Å². The molecule has 2 aliphatic rings. The van der Waals surface area contributed by atoms with Crippen molar-refractivity contribution in [1.29, 1.82) is 0 Å². The summed E-state index contributed by atoms with van der Waals surface area (Å²) < 4.78 is 7.71. The zero-order chi connectivity index (χ0) is 20.5. The topological polar surface area (TPSA) is 34.5 Å². The van der Waals surface area contributed by atoms with Crippen molar-refractivity contribution in [3.8, 4) is 0 Å². The number of ketones is 1. The highest BCUT2D eigenvalue weighted by atomic mass is 16.5. The van der Waals surface area contributed by atoms with Gasteiger partial charge in [-0.3, -0.25) is 9.69 Å². The summed E-state index contributed by atoms with van der Waals surface area (Å²) in [7, 11) is 0. The predicted molar refractivity (Wildman–Crippen MR) is 120 cm³/mol. The van der Waals surface area contributed by atoms with Crippen molar-refractivity contribution in [3.63, 3.8) is 0 Å². The van der Waals surface area contributed by atoms with Crippen LogP contribution in [0.1, 0.15) is 33.5 Å². The van der Waals surface area contributed by atoms with Gasteiger partial charge in [0.1, 0.15) is 0 Å². The Morgan fingerprint density at radius 2 is 1.80 bits per heavy atom. The number of allylic oxidation sites excluding steroid dienone is 1. The molecule has 0 amide bonds. The minimum atomic E-state index is 0.140. The van der Waals surface area contributed by atoms with Crippen molar-refractivity contribution in [2.45, 2.75) is 25.8 Å². The van der Waals surface area contributed by atoms with E-state index in [9.17, 15) is 4.79 Å². The van der Waals surface area contributed by atoms with Gasteiger partial charge in [-0.05, 0) is 36.5 Å². The highest BCUT2D eigenvalue weighted by molar-refractivity contribution is 6.17. The van der Waals surface area contributed by atoms with Crippen LogP contribution in [-0.4, -0.2) is 48.1 Å². The molecular weight excluding hydrogens is 372 g/mol. The molecule has 30 heavy (non-hydrogen) atoms. The van der Waals surface area contributed by atoms with Crippen molar-refractivity contribution < 1.29 is 9.53 Å². The molecule has 2 heterocycles. The van der Waals surface area contributed by atoms with E-state index < -0.39 is 0 Å². The van der Waals surface area contributed by atoms with Gasteiger partial charge in [-0.1, -0.05) is 48.6 Å². The van der Waals surface area contributed by atoms with Gasteiger partial charge in [-0.25, -0.2) is 0 Å². The maximum atomic E-state index is 13.7. The van der Waals surface area contributed by atoms with E-state index in [0.717, 1.165) is 80.7 Å². The summed E-state index contributed by atoms with van der Waals surface area (Å²) in [6.45, 7) is 9.57. The van der Waals surface area contributed by atoms with Gasteiger partial charge in [-0.15, -0.1) is 0 Å². The molecule has 0 saturated carbocycles. The van der Waals surface area contributed by atoms with Gasteiger partial charge in [0.15, 0.2) is 5.78 Å². The van der Waals surface area contributed by atoms with E-state index in [0.29, 0.717) is 0 Å².